The van der Waals surface area contributed by atoms with Crippen LogP contribution in [0.3, 0.4) is 0 Å². The van der Waals surface area contributed by atoms with E-state index in [-0.39, 0.29) is 11.9 Å². The molecule has 1 atom stereocenters. The molecule has 1 aliphatic rings. The number of hydrogen-bond acceptors (Lipinski definition) is 2. The van der Waals surface area contributed by atoms with E-state index in [1.54, 1.807) is 0 Å². The van der Waals surface area contributed by atoms with Gasteiger partial charge in [-0.15, -0.1) is 0 Å². The predicted molar refractivity (Wildman–Crippen MR) is 79.7 cm³/mol. The fraction of sp³-hybridized carbons (Fsp3) is 0.562. The number of amides is 1. The fourth-order valence-electron chi connectivity index (χ4n) is 2.76. The van der Waals surface area contributed by atoms with E-state index < -0.39 is 0 Å². The van der Waals surface area contributed by atoms with Gasteiger partial charge < -0.3 is 10.2 Å². The third-order valence-electron chi connectivity index (χ3n) is 3.80. The molecule has 1 heterocycles. The number of rotatable bonds is 3. The van der Waals surface area contributed by atoms with Crippen molar-refractivity contribution < 1.29 is 4.79 Å². The number of benzene rings is 1. The average molecular weight is 260 g/mol. The molecule has 0 aliphatic carbocycles. The molecule has 1 amide bonds. The van der Waals surface area contributed by atoms with E-state index in [9.17, 15) is 4.79 Å². The minimum Gasteiger partial charge on any atom is -0.311 e. The Morgan fingerprint density at radius 3 is 2.42 bits per heavy atom. The highest BCUT2D eigenvalue weighted by atomic mass is 16.2. The van der Waals surface area contributed by atoms with Gasteiger partial charge in [0.05, 0.1) is 0 Å². The molecule has 0 radical (unpaired) electrons. The van der Waals surface area contributed by atoms with E-state index in [2.05, 4.69) is 52.1 Å². The van der Waals surface area contributed by atoms with Gasteiger partial charge in [-0.3, -0.25) is 4.79 Å². The maximum Gasteiger partial charge on any atom is 0.228 e. The monoisotopic (exact) mass is 260 g/mol. The minimum atomic E-state index is 0.226. The molecule has 1 unspecified atom stereocenters. The number of hydrogen-bond donors (Lipinski definition) is 1. The summed E-state index contributed by atoms with van der Waals surface area (Å²) < 4.78 is 0. The van der Waals surface area contributed by atoms with Crippen molar-refractivity contribution in [1.82, 2.24) is 5.32 Å². The molecule has 19 heavy (non-hydrogen) atoms. The zero-order valence-corrected chi connectivity index (χ0v) is 12.6. The SMILES string of the molecule is Cc1cc(C)c(N2CC(NC(C)C)CC2=O)cc1C. The molecule has 0 spiro atoms. The normalized spacial score (nSPS) is 19.6. The molecule has 1 aromatic rings. The Balaban J connectivity index is 2.23. The van der Waals surface area contributed by atoms with E-state index in [0.717, 1.165) is 12.2 Å². The van der Waals surface area contributed by atoms with E-state index in [1.807, 2.05) is 4.90 Å². The van der Waals surface area contributed by atoms with Gasteiger partial charge in [0.2, 0.25) is 5.91 Å². The van der Waals surface area contributed by atoms with Gasteiger partial charge >= 0.3 is 0 Å². The number of carbonyl (C=O) groups is 1. The van der Waals surface area contributed by atoms with Gasteiger partial charge in [0.1, 0.15) is 0 Å². The predicted octanol–water partition coefficient (Wildman–Crippen LogP) is 2.72. The molecule has 1 aliphatic heterocycles. The topological polar surface area (TPSA) is 32.3 Å². The highest BCUT2D eigenvalue weighted by molar-refractivity contribution is 5.97. The summed E-state index contributed by atoms with van der Waals surface area (Å²) in [5.74, 6) is 0.226. The lowest BCUT2D eigenvalue weighted by atomic mass is 10.0. The Labute approximate surface area is 116 Å². The van der Waals surface area contributed by atoms with Crippen LogP contribution in [-0.4, -0.2) is 24.5 Å². The van der Waals surface area contributed by atoms with Gasteiger partial charge in [-0.25, -0.2) is 0 Å². The number of nitrogens with one attached hydrogen (secondary N) is 1. The smallest absolute Gasteiger partial charge is 0.228 e. The van der Waals surface area contributed by atoms with Gasteiger partial charge in [0.25, 0.3) is 0 Å². The molecule has 1 saturated heterocycles. The van der Waals surface area contributed by atoms with Crippen LogP contribution in [0.4, 0.5) is 5.69 Å². The summed E-state index contributed by atoms with van der Waals surface area (Å²) >= 11 is 0. The molecule has 104 valence electrons. The zero-order chi connectivity index (χ0) is 14.2. The molecule has 1 N–H and O–H groups in total. The van der Waals surface area contributed by atoms with Gasteiger partial charge in [0, 0.05) is 30.7 Å². The third-order valence-corrected chi connectivity index (χ3v) is 3.80. The van der Waals surface area contributed by atoms with Crippen LogP contribution >= 0.6 is 0 Å². The second-order valence-electron chi connectivity index (χ2n) is 5.95. The molecule has 0 aromatic heterocycles. The lowest BCUT2D eigenvalue weighted by molar-refractivity contribution is -0.117. The molecule has 1 aromatic carbocycles. The van der Waals surface area contributed by atoms with Gasteiger partial charge in [-0.1, -0.05) is 19.9 Å². The van der Waals surface area contributed by atoms with Crippen molar-refractivity contribution in [2.45, 2.75) is 53.1 Å². The second-order valence-corrected chi connectivity index (χ2v) is 5.95. The van der Waals surface area contributed by atoms with Gasteiger partial charge in [-0.2, -0.15) is 0 Å². The highest BCUT2D eigenvalue weighted by Gasteiger charge is 2.31. The minimum absolute atomic E-state index is 0.226. The Hall–Kier alpha value is -1.35. The van der Waals surface area contributed by atoms with Crippen molar-refractivity contribution in [3.05, 3.63) is 28.8 Å². The first-order valence-electron chi connectivity index (χ1n) is 7.02. The Kier molecular flexibility index (Phi) is 3.95. The summed E-state index contributed by atoms with van der Waals surface area (Å²) in [6.45, 7) is 11.3. The van der Waals surface area contributed by atoms with E-state index in [4.69, 9.17) is 0 Å². The van der Waals surface area contributed by atoms with Crippen LogP contribution in [0.1, 0.15) is 37.0 Å². The van der Waals surface area contributed by atoms with Crippen molar-refractivity contribution in [3.8, 4) is 0 Å². The number of carbonyl (C=O) groups excluding carboxylic acids is 1. The molecule has 1 fully saturated rings. The van der Waals surface area contributed by atoms with Crippen molar-refractivity contribution in [3.63, 3.8) is 0 Å². The van der Waals surface area contributed by atoms with E-state index in [0.29, 0.717) is 12.5 Å². The molecular weight excluding hydrogens is 236 g/mol. The lowest BCUT2D eigenvalue weighted by Crippen LogP contribution is -2.37. The lowest BCUT2D eigenvalue weighted by Gasteiger charge is -2.21. The van der Waals surface area contributed by atoms with Crippen LogP contribution in [0.25, 0.3) is 0 Å². The molecule has 0 bridgehead atoms. The summed E-state index contributed by atoms with van der Waals surface area (Å²) in [5, 5.41) is 3.45. The van der Waals surface area contributed by atoms with Crippen molar-refractivity contribution in [2.75, 3.05) is 11.4 Å². The summed E-state index contributed by atoms with van der Waals surface area (Å²) in [4.78, 5) is 14.1. The first kappa shape index (κ1) is 14.1. The zero-order valence-electron chi connectivity index (χ0n) is 12.6. The van der Waals surface area contributed by atoms with Crippen LogP contribution in [0, 0.1) is 20.8 Å². The number of anilines is 1. The van der Waals surface area contributed by atoms with Crippen LogP contribution in [-0.2, 0) is 4.79 Å². The largest absolute Gasteiger partial charge is 0.311 e. The molecule has 3 nitrogen and oxygen atoms in total. The maximum absolute atomic E-state index is 12.2. The van der Waals surface area contributed by atoms with Crippen molar-refractivity contribution in [2.24, 2.45) is 0 Å². The molecule has 3 heteroatoms. The average Bonchev–Trinajstić information content (AvgIpc) is 2.63. The quantitative estimate of drug-likeness (QED) is 0.906. The van der Waals surface area contributed by atoms with E-state index in [1.165, 1.54) is 16.7 Å². The first-order chi connectivity index (χ1) is 8.88. The highest BCUT2D eigenvalue weighted by Crippen LogP contribution is 2.28. The van der Waals surface area contributed by atoms with Crippen molar-refractivity contribution in [1.29, 1.82) is 0 Å². The third kappa shape index (κ3) is 2.98. The molecule has 0 saturated carbocycles. The van der Waals surface area contributed by atoms with E-state index >= 15 is 0 Å². The summed E-state index contributed by atoms with van der Waals surface area (Å²) in [6, 6.07) is 4.99. The standard InChI is InChI=1S/C16H24N2O/c1-10(2)17-14-8-16(19)18(9-14)15-7-12(4)11(3)6-13(15)5/h6-7,10,14,17H,8-9H2,1-5H3. The summed E-state index contributed by atoms with van der Waals surface area (Å²) in [7, 11) is 0. The fourth-order valence-corrected chi connectivity index (χ4v) is 2.76. The van der Waals surface area contributed by atoms with Crippen LogP contribution in [0.2, 0.25) is 0 Å². The molecular formula is C16H24N2O. The number of aryl methyl sites for hydroxylation is 3. The van der Waals surface area contributed by atoms with Gasteiger partial charge in [0.15, 0.2) is 0 Å². The second kappa shape index (κ2) is 5.33. The summed E-state index contributed by atoms with van der Waals surface area (Å²) in [6.07, 6.45) is 0.602. The first-order valence-corrected chi connectivity index (χ1v) is 7.02. The Morgan fingerprint density at radius 1 is 1.16 bits per heavy atom. The maximum atomic E-state index is 12.2. The van der Waals surface area contributed by atoms with Crippen molar-refractivity contribution >= 4 is 11.6 Å². The number of nitrogens with zero attached hydrogens (tertiary/aromatic N) is 1. The Bertz CT molecular complexity index is 494. The molecule has 2 rings (SSSR count). The van der Waals surface area contributed by atoms with Crippen LogP contribution in [0.15, 0.2) is 12.1 Å². The summed E-state index contributed by atoms with van der Waals surface area (Å²) in [5.41, 5.74) is 4.78. The van der Waals surface area contributed by atoms with Gasteiger partial charge in [-0.05, 0) is 43.5 Å². The van der Waals surface area contributed by atoms with Crippen LogP contribution in [0.5, 0.6) is 0 Å². The Morgan fingerprint density at radius 2 is 1.79 bits per heavy atom. The van der Waals surface area contributed by atoms with Crippen LogP contribution < -0.4 is 10.2 Å².